The summed E-state index contributed by atoms with van der Waals surface area (Å²) in [6.07, 6.45) is 1.44. The van der Waals surface area contributed by atoms with Gasteiger partial charge in [-0.15, -0.1) is 0 Å². The van der Waals surface area contributed by atoms with E-state index in [1.54, 1.807) is 6.92 Å². The third-order valence-corrected chi connectivity index (χ3v) is 7.40. The van der Waals surface area contributed by atoms with E-state index in [1.807, 2.05) is 38.1 Å². The summed E-state index contributed by atoms with van der Waals surface area (Å²) >= 11 is 0. The summed E-state index contributed by atoms with van der Waals surface area (Å²) in [5.41, 5.74) is 4.17. The van der Waals surface area contributed by atoms with Gasteiger partial charge in [0.25, 0.3) is 0 Å². The van der Waals surface area contributed by atoms with Gasteiger partial charge in [0.15, 0.2) is 0 Å². The topological polar surface area (TPSA) is 95.9 Å². The van der Waals surface area contributed by atoms with Crippen LogP contribution in [-0.4, -0.2) is 53.7 Å². The Morgan fingerprint density at radius 2 is 1.69 bits per heavy atom. The number of nitrogens with one attached hydrogen (secondary N) is 1. The maximum Gasteiger partial charge on any atom is 0.407 e. The smallest absolute Gasteiger partial charge is 0.407 e. The fourth-order valence-corrected chi connectivity index (χ4v) is 5.54. The quantitative estimate of drug-likeness (QED) is 0.604. The Labute approximate surface area is 206 Å². The van der Waals surface area contributed by atoms with Crippen LogP contribution in [0.15, 0.2) is 48.5 Å². The Hall–Kier alpha value is -3.35. The number of hydrogen-bond acceptors (Lipinski definition) is 4. The van der Waals surface area contributed by atoms with Crippen LogP contribution in [0.5, 0.6) is 0 Å². The van der Waals surface area contributed by atoms with Gasteiger partial charge in [0.2, 0.25) is 5.91 Å². The number of piperidine rings is 1. The lowest BCUT2D eigenvalue weighted by Crippen LogP contribution is -2.57. The minimum atomic E-state index is -0.966. The fourth-order valence-electron chi connectivity index (χ4n) is 5.54. The molecule has 1 aliphatic carbocycles. The number of fused-ring (bicyclic) bond motifs is 3. The Morgan fingerprint density at radius 3 is 2.29 bits per heavy atom. The summed E-state index contributed by atoms with van der Waals surface area (Å²) in [6, 6.07) is 15.5. The van der Waals surface area contributed by atoms with Crippen LogP contribution >= 0.6 is 0 Å². The summed E-state index contributed by atoms with van der Waals surface area (Å²) in [5, 5.41) is 12.5. The average molecular weight is 479 g/mol. The normalized spacial score (nSPS) is 19.4. The third-order valence-electron chi connectivity index (χ3n) is 7.40. The molecule has 1 fully saturated rings. The van der Waals surface area contributed by atoms with E-state index in [9.17, 15) is 19.5 Å². The number of carboxylic acids is 1. The lowest BCUT2D eigenvalue weighted by molar-refractivity contribution is -0.160. The van der Waals surface area contributed by atoms with Crippen molar-refractivity contribution in [3.8, 4) is 11.1 Å². The Morgan fingerprint density at radius 1 is 1.09 bits per heavy atom. The Kier molecular flexibility index (Phi) is 7.15. The molecular formula is C28H34N2O5. The molecular weight excluding hydrogens is 444 g/mol. The van der Waals surface area contributed by atoms with Crippen molar-refractivity contribution >= 4 is 18.0 Å². The van der Waals surface area contributed by atoms with Gasteiger partial charge in [0, 0.05) is 24.9 Å². The highest BCUT2D eigenvalue weighted by molar-refractivity contribution is 5.86. The molecule has 7 nitrogen and oxygen atoms in total. The van der Waals surface area contributed by atoms with Crippen molar-refractivity contribution in [2.24, 2.45) is 11.3 Å². The first-order valence-electron chi connectivity index (χ1n) is 12.3. The lowest BCUT2D eigenvalue weighted by Gasteiger charge is -2.44. The summed E-state index contributed by atoms with van der Waals surface area (Å²) in [5.74, 6) is -1.56. The first kappa shape index (κ1) is 24.8. The van der Waals surface area contributed by atoms with Crippen LogP contribution in [0.3, 0.4) is 0 Å². The molecule has 0 saturated carbocycles. The van der Waals surface area contributed by atoms with Gasteiger partial charge >= 0.3 is 12.1 Å². The van der Waals surface area contributed by atoms with Crippen LogP contribution in [0.1, 0.15) is 57.1 Å². The molecule has 1 aliphatic heterocycles. The van der Waals surface area contributed by atoms with Gasteiger partial charge in [-0.1, -0.05) is 69.3 Å². The lowest BCUT2D eigenvalue weighted by atomic mass is 9.76. The van der Waals surface area contributed by atoms with Gasteiger partial charge in [-0.25, -0.2) is 9.59 Å². The van der Waals surface area contributed by atoms with E-state index in [2.05, 4.69) is 29.6 Å². The SMILES string of the molecule is CC(CCNC(=O)OCC1c2ccccc2-c2ccccc21)C(=O)N1CCCC(C)(C)C1C(=O)O. The molecule has 35 heavy (non-hydrogen) atoms. The molecule has 2 unspecified atom stereocenters. The predicted octanol–water partition coefficient (Wildman–Crippen LogP) is 4.65. The molecule has 2 N–H and O–H groups in total. The standard InChI is InChI=1S/C28H34N2O5/c1-18(25(31)30-16-8-14-28(2,3)24(30)26(32)33)13-15-29-27(34)35-17-23-21-11-6-4-9-19(21)20-10-5-7-12-22(20)23/h4-7,9-12,18,23-24H,8,13-17H2,1-3H3,(H,29,34)(H,32,33). The molecule has 2 aliphatic rings. The number of likely N-dealkylation sites (tertiary alicyclic amines) is 1. The maximum absolute atomic E-state index is 13.0. The van der Waals surface area contributed by atoms with Gasteiger partial charge in [-0.3, -0.25) is 4.79 Å². The minimum Gasteiger partial charge on any atom is -0.480 e. The third kappa shape index (κ3) is 5.04. The van der Waals surface area contributed by atoms with E-state index in [0.717, 1.165) is 24.0 Å². The zero-order valence-corrected chi connectivity index (χ0v) is 20.6. The van der Waals surface area contributed by atoms with Crippen LogP contribution in [0.4, 0.5) is 4.79 Å². The second-order valence-electron chi connectivity index (χ2n) is 10.3. The van der Waals surface area contributed by atoms with Gasteiger partial charge in [-0.2, -0.15) is 0 Å². The number of hydrogen-bond donors (Lipinski definition) is 2. The highest BCUT2D eigenvalue weighted by Gasteiger charge is 2.45. The number of rotatable bonds is 7. The summed E-state index contributed by atoms with van der Waals surface area (Å²) in [4.78, 5) is 38.8. The molecule has 0 aromatic heterocycles. The van der Waals surface area contributed by atoms with Crippen LogP contribution in [0.25, 0.3) is 11.1 Å². The summed E-state index contributed by atoms with van der Waals surface area (Å²) in [6.45, 7) is 6.53. The first-order valence-corrected chi connectivity index (χ1v) is 12.3. The van der Waals surface area contributed by atoms with E-state index in [0.29, 0.717) is 13.0 Å². The first-order chi connectivity index (χ1) is 16.7. The van der Waals surface area contributed by atoms with E-state index in [1.165, 1.54) is 16.0 Å². The number of carbonyl (C=O) groups excluding carboxylic acids is 2. The second-order valence-corrected chi connectivity index (χ2v) is 10.3. The number of amides is 2. The average Bonchev–Trinajstić information content (AvgIpc) is 3.15. The Bertz CT molecular complexity index is 1070. The van der Waals surface area contributed by atoms with Crippen molar-refractivity contribution in [3.63, 3.8) is 0 Å². The van der Waals surface area contributed by atoms with Crippen molar-refractivity contribution in [2.75, 3.05) is 19.7 Å². The van der Waals surface area contributed by atoms with Crippen molar-refractivity contribution in [1.29, 1.82) is 0 Å². The number of carboxylic acid groups (broad SMARTS) is 1. The fraction of sp³-hybridized carbons (Fsp3) is 0.464. The van der Waals surface area contributed by atoms with Crippen molar-refractivity contribution in [1.82, 2.24) is 10.2 Å². The molecule has 4 rings (SSSR count). The van der Waals surface area contributed by atoms with E-state index >= 15 is 0 Å². The van der Waals surface area contributed by atoms with Crippen molar-refractivity contribution in [2.45, 2.75) is 52.0 Å². The number of carbonyl (C=O) groups is 3. The van der Waals surface area contributed by atoms with Gasteiger partial charge < -0.3 is 20.1 Å². The summed E-state index contributed by atoms with van der Waals surface area (Å²) < 4.78 is 5.55. The predicted molar refractivity (Wildman–Crippen MR) is 133 cm³/mol. The molecule has 2 atom stereocenters. The number of benzene rings is 2. The van der Waals surface area contributed by atoms with Crippen LogP contribution in [0, 0.1) is 11.3 Å². The number of ether oxygens (including phenoxy) is 1. The van der Waals surface area contributed by atoms with Crippen LogP contribution in [0.2, 0.25) is 0 Å². The highest BCUT2D eigenvalue weighted by Crippen LogP contribution is 2.44. The molecule has 2 amide bonds. The number of aliphatic carboxylic acids is 1. The zero-order chi connectivity index (χ0) is 25.2. The van der Waals surface area contributed by atoms with Crippen LogP contribution < -0.4 is 5.32 Å². The Balaban J connectivity index is 1.28. The molecule has 2 aromatic carbocycles. The van der Waals surface area contributed by atoms with Gasteiger partial charge in [0.05, 0.1) is 0 Å². The largest absolute Gasteiger partial charge is 0.480 e. The molecule has 0 bridgehead atoms. The van der Waals surface area contributed by atoms with E-state index < -0.39 is 29.4 Å². The summed E-state index contributed by atoms with van der Waals surface area (Å²) in [7, 11) is 0. The van der Waals surface area contributed by atoms with E-state index in [4.69, 9.17) is 4.74 Å². The van der Waals surface area contributed by atoms with Crippen molar-refractivity contribution in [3.05, 3.63) is 59.7 Å². The minimum absolute atomic E-state index is 0.0101. The second kappa shape index (κ2) is 10.1. The molecule has 2 aromatic rings. The molecule has 1 saturated heterocycles. The van der Waals surface area contributed by atoms with Crippen LogP contribution in [-0.2, 0) is 14.3 Å². The molecule has 1 heterocycles. The van der Waals surface area contributed by atoms with Gasteiger partial charge in [0.1, 0.15) is 12.6 Å². The number of nitrogens with zero attached hydrogens (tertiary/aromatic N) is 1. The van der Waals surface area contributed by atoms with E-state index in [-0.39, 0.29) is 25.0 Å². The monoisotopic (exact) mass is 478 g/mol. The molecule has 0 radical (unpaired) electrons. The molecule has 7 heteroatoms. The van der Waals surface area contributed by atoms with Crippen molar-refractivity contribution < 1.29 is 24.2 Å². The number of alkyl carbamates (subject to hydrolysis) is 1. The molecule has 186 valence electrons. The van der Waals surface area contributed by atoms with Gasteiger partial charge in [-0.05, 0) is 46.9 Å². The maximum atomic E-state index is 13.0. The molecule has 0 spiro atoms. The zero-order valence-electron chi connectivity index (χ0n) is 20.6. The highest BCUT2D eigenvalue weighted by atomic mass is 16.5.